The monoisotopic (exact) mass is 470 g/mol. The van der Waals surface area contributed by atoms with Crippen molar-refractivity contribution in [1.29, 1.82) is 5.26 Å². The zero-order valence-corrected chi connectivity index (χ0v) is 19.8. The van der Waals surface area contributed by atoms with Crippen LogP contribution in [0.25, 0.3) is 0 Å². The molecule has 2 atom stereocenters. The van der Waals surface area contributed by atoms with Gasteiger partial charge in [0.15, 0.2) is 0 Å². The summed E-state index contributed by atoms with van der Waals surface area (Å²) in [6.45, 7) is 2.70. The highest BCUT2D eigenvalue weighted by molar-refractivity contribution is 7.98. The molecule has 2 heterocycles. The molecule has 1 aliphatic rings. The molecule has 0 saturated carbocycles. The molecule has 1 aromatic carbocycles. The van der Waals surface area contributed by atoms with Gasteiger partial charge >= 0.3 is 5.97 Å². The Kier molecular flexibility index (Phi) is 9.50. The maximum absolute atomic E-state index is 13.1. The molecule has 6 nitrogen and oxygen atoms in total. The van der Waals surface area contributed by atoms with E-state index in [-0.39, 0.29) is 18.9 Å². The molecule has 0 N–H and O–H groups in total. The number of carbonyl (C=O) groups excluding carboxylic acids is 1. The van der Waals surface area contributed by atoms with Crippen LogP contribution < -0.4 is 0 Å². The van der Waals surface area contributed by atoms with Crippen molar-refractivity contribution in [3.8, 4) is 6.07 Å². The Labute approximate surface area is 196 Å². The van der Waals surface area contributed by atoms with Gasteiger partial charge in [0.25, 0.3) is 0 Å². The number of ether oxygens (including phenoxy) is 3. The molecule has 0 amide bonds. The van der Waals surface area contributed by atoms with E-state index in [2.05, 4.69) is 23.2 Å². The molecule has 0 saturated heterocycles. The van der Waals surface area contributed by atoms with Crippen molar-refractivity contribution in [3.63, 3.8) is 0 Å². The van der Waals surface area contributed by atoms with Gasteiger partial charge in [-0.2, -0.15) is 28.4 Å². The van der Waals surface area contributed by atoms with E-state index in [4.69, 9.17) is 14.2 Å². The van der Waals surface area contributed by atoms with Crippen LogP contribution in [0.5, 0.6) is 0 Å². The lowest BCUT2D eigenvalue weighted by Crippen LogP contribution is -2.38. The van der Waals surface area contributed by atoms with Crippen molar-refractivity contribution in [2.24, 2.45) is 4.99 Å². The number of esters is 1. The van der Waals surface area contributed by atoms with Crippen LogP contribution in [0.3, 0.4) is 0 Å². The summed E-state index contributed by atoms with van der Waals surface area (Å²) in [4.78, 5) is 17.7. The number of nitriles is 1. The smallest absolute Gasteiger partial charge is 0.336 e. The van der Waals surface area contributed by atoms with Crippen molar-refractivity contribution >= 4 is 34.8 Å². The van der Waals surface area contributed by atoms with E-state index in [1.807, 2.05) is 35.0 Å². The average Bonchev–Trinajstić information content (AvgIpc) is 3.34. The van der Waals surface area contributed by atoms with Gasteiger partial charge in [-0.1, -0.05) is 30.3 Å². The first-order chi connectivity index (χ1) is 15.7. The van der Waals surface area contributed by atoms with Gasteiger partial charge in [-0.15, -0.1) is 0 Å². The van der Waals surface area contributed by atoms with Gasteiger partial charge in [-0.25, -0.2) is 9.79 Å². The van der Waals surface area contributed by atoms with E-state index in [0.29, 0.717) is 23.6 Å². The van der Waals surface area contributed by atoms with Crippen molar-refractivity contribution in [3.05, 3.63) is 69.6 Å². The van der Waals surface area contributed by atoms with E-state index in [9.17, 15) is 10.1 Å². The highest BCUT2D eigenvalue weighted by Crippen LogP contribution is 2.39. The second-order valence-corrected chi connectivity index (χ2v) is 8.75. The Bertz CT molecular complexity index is 981. The highest BCUT2D eigenvalue weighted by atomic mass is 32.2. The number of rotatable bonds is 11. The minimum atomic E-state index is -0.674. The van der Waals surface area contributed by atoms with E-state index >= 15 is 0 Å². The van der Waals surface area contributed by atoms with Crippen molar-refractivity contribution in [1.82, 2.24) is 0 Å². The van der Waals surface area contributed by atoms with E-state index in [1.165, 1.54) is 16.9 Å². The molecule has 0 spiro atoms. The standard InChI is InChI=1S/C24H26N2O4S2/c1-3-29-24(27)22-20(16-32-14-17-7-5-4-6-8-17)26-19(13-25)23(30-11-10-28-2)21(22)18-9-12-31-15-18/h4-9,12,15,21,23H,3,10-11,14,16H2,1-2H3. The number of thioether (sulfide) groups is 1. The third kappa shape index (κ3) is 6.08. The van der Waals surface area contributed by atoms with Crippen LogP contribution in [-0.4, -0.2) is 50.5 Å². The van der Waals surface area contributed by atoms with Crippen LogP contribution in [0.4, 0.5) is 0 Å². The summed E-state index contributed by atoms with van der Waals surface area (Å²) in [5.74, 6) is 0.380. The molecule has 8 heteroatoms. The summed E-state index contributed by atoms with van der Waals surface area (Å²) in [5, 5.41) is 13.8. The molecule has 168 valence electrons. The Morgan fingerprint density at radius 3 is 2.69 bits per heavy atom. The summed E-state index contributed by atoms with van der Waals surface area (Å²) in [5.41, 5.74) is 3.40. The fourth-order valence-corrected chi connectivity index (χ4v) is 5.12. The summed E-state index contributed by atoms with van der Waals surface area (Å²) < 4.78 is 16.5. The fourth-order valence-electron chi connectivity index (χ4n) is 3.48. The maximum atomic E-state index is 13.1. The summed E-state index contributed by atoms with van der Waals surface area (Å²) >= 11 is 3.18. The van der Waals surface area contributed by atoms with Crippen LogP contribution in [-0.2, 0) is 24.8 Å². The summed E-state index contributed by atoms with van der Waals surface area (Å²) in [6, 6.07) is 14.3. The molecule has 0 aliphatic carbocycles. The van der Waals surface area contributed by atoms with Gasteiger partial charge in [-0.3, -0.25) is 0 Å². The largest absolute Gasteiger partial charge is 0.463 e. The summed E-state index contributed by atoms with van der Waals surface area (Å²) in [7, 11) is 1.59. The topological polar surface area (TPSA) is 80.9 Å². The number of methoxy groups -OCH3 is 1. The number of aliphatic imine (C=N–C) groups is 1. The molecule has 0 fully saturated rings. The molecule has 1 aromatic heterocycles. The van der Waals surface area contributed by atoms with Gasteiger partial charge in [0, 0.05) is 18.6 Å². The lowest BCUT2D eigenvalue weighted by atomic mass is 9.82. The molecule has 0 bridgehead atoms. The summed E-state index contributed by atoms with van der Waals surface area (Å²) in [6.07, 6.45) is -0.674. The second kappa shape index (κ2) is 12.6. The molecule has 2 unspecified atom stereocenters. The number of thiophene rings is 1. The van der Waals surface area contributed by atoms with Crippen LogP contribution in [0, 0.1) is 11.3 Å². The van der Waals surface area contributed by atoms with Gasteiger partial charge in [0.05, 0.1) is 37.0 Å². The molecular weight excluding hydrogens is 444 g/mol. The lowest BCUT2D eigenvalue weighted by Gasteiger charge is -2.31. The van der Waals surface area contributed by atoms with E-state index in [1.54, 1.807) is 25.8 Å². The van der Waals surface area contributed by atoms with Gasteiger partial charge < -0.3 is 14.2 Å². The zero-order valence-electron chi connectivity index (χ0n) is 18.2. The van der Waals surface area contributed by atoms with Gasteiger partial charge in [-0.05, 0) is 34.9 Å². The Hall–Kier alpha value is -2.44. The highest BCUT2D eigenvalue weighted by Gasteiger charge is 2.41. The first-order valence-electron chi connectivity index (χ1n) is 10.3. The van der Waals surface area contributed by atoms with Gasteiger partial charge in [0.2, 0.25) is 0 Å². The number of hydrogen-bond acceptors (Lipinski definition) is 8. The first kappa shape index (κ1) is 24.2. The molecule has 0 radical (unpaired) electrons. The van der Waals surface area contributed by atoms with Crippen molar-refractivity contribution < 1.29 is 19.0 Å². The normalized spacial score (nSPS) is 18.2. The second-order valence-electron chi connectivity index (χ2n) is 6.99. The number of nitrogens with zero attached hydrogens (tertiary/aromatic N) is 2. The SMILES string of the molecule is CCOC(=O)C1=C(CSCc2ccccc2)N=C(C#N)C(OCCOC)C1c1ccsc1. The predicted molar refractivity (Wildman–Crippen MR) is 128 cm³/mol. The molecule has 32 heavy (non-hydrogen) atoms. The first-order valence-corrected chi connectivity index (χ1v) is 12.4. The molecule has 3 rings (SSSR count). The Morgan fingerprint density at radius 1 is 1.22 bits per heavy atom. The van der Waals surface area contributed by atoms with Crippen LogP contribution in [0.15, 0.2) is 63.4 Å². The fraction of sp³-hybridized carbons (Fsp3) is 0.375. The van der Waals surface area contributed by atoms with Crippen LogP contribution in [0.1, 0.15) is 24.0 Å². The van der Waals surface area contributed by atoms with Crippen LogP contribution in [0.2, 0.25) is 0 Å². The van der Waals surface area contributed by atoms with Crippen molar-refractivity contribution in [2.75, 3.05) is 32.7 Å². The number of hydrogen-bond donors (Lipinski definition) is 0. The van der Waals surface area contributed by atoms with Crippen molar-refractivity contribution in [2.45, 2.75) is 24.7 Å². The molecule has 1 aliphatic heterocycles. The number of benzene rings is 1. The molecule has 2 aromatic rings. The quantitative estimate of drug-likeness (QED) is 0.353. The minimum Gasteiger partial charge on any atom is -0.463 e. The lowest BCUT2D eigenvalue weighted by molar-refractivity contribution is -0.139. The maximum Gasteiger partial charge on any atom is 0.336 e. The predicted octanol–water partition coefficient (Wildman–Crippen LogP) is 4.59. The zero-order chi connectivity index (χ0) is 22.8. The Balaban J connectivity index is 1.97. The van der Waals surface area contributed by atoms with E-state index < -0.39 is 18.0 Å². The third-order valence-electron chi connectivity index (χ3n) is 4.90. The Morgan fingerprint density at radius 2 is 2.03 bits per heavy atom. The van der Waals surface area contributed by atoms with Crippen LogP contribution >= 0.6 is 23.1 Å². The minimum absolute atomic E-state index is 0.257. The molecular formula is C24H26N2O4S2. The average molecular weight is 471 g/mol. The number of carbonyl (C=O) groups is 1. The third-order valence-corrected chi connectivity index (χ3v) is 6.61. The van der Waals surface area contributed by atoms with E-state index in [0.717, 1.165) is 11.3 Å². The van der Waals surface area contributed by atoms with Gasteiger partial charge in [0.1, 0.15) is 17.9 Å².